The Bertz CT molecular complexity index is 714. The van der Waals surface area contributed by atoms with Crippen molar-refractivity contribution in [3.63, 3.8) is 0 Å². The van der Waals surface area contributed by atoms with Gasteiger partial charge in [0.15, 0.2) is 0 Å². The van der Waals surface area contributed by atoms with E-state index >= 15 is 0 Å². The number of fused-ring (bicyclic) bond motifs is 1. The Morgan fingerprint density at radius 1 is 1.26 bits per heavy atom. The summed E-state index contributed by atoms with van der Waals surface area (Å²) in [6, 6.07) is 11.9. The van der Waals surface area contributed by atoms with Gasteiger partial charge in [-0.15, -0.1) is 0 Å². The molecule has 5 heteroatoms. The first kappa shape index (κ1) is 14.5. The first-order valence-corrected chi connectivity index (χ1v) is 8.31. The fraction of sp³-hybridized carbons (Fsp3) is 0.444. The van der Waals surface area contributed by atoms with Gasteiger partial charge in [0, 0.05) is 11.9 Å². The lowest BCUT2D eigenvalue weighted by molar-refractivity contribution is 0.0108. The van der Waals surface area contributed by atoms with Crippen molar-refractivity contribution in [2.24, 2.45) is 5.92 Å². The van der Waals surface area contributed by atoms with Crippen LogP contribution >= 0.6 is 0 Å². The number of morpholine rings is 1. The highest BCUT2D eigenvalue weighted by atomic mass is 16.5. The summed E-state index contributed by atoms with van der Waals surface area (Å²) in [5.41, 5.74) is 0.891. The molecule has 1 saturated carbocycles. The number of hydrogen-bond acceptors (Lipinski definition) is 3. The van der Waals surface area contributed by atoms with E-state index in [0.29, 0.717) is 25.6 Å². The normalized spacial score (nSPS) is 21.4. The van der Waals surface area contributed by atoms with Crippen LogP contribution in [0, 0.1) is 5.92 Å². The minimum Gasteiger partial charge on any atom is -0.377 e. The molecule has 4 rings (SSSR count). The lowest BCUT2D eigenvalue weighted by Crippen LogP contribution is -2.50. The number of carbonyl (C=O) groups is 1. The SMILES string of the molecule is O=C(Nc1ccc2ccccc2n1)N1CCOCC1CC1CC1. The molecule has 1 aromatic heterocycles. The second-order valence-electron chi connectivity index (χ2n) is 6.42. The highest BCUT2D eigenvalue weighted by Crippen LogP contribution is 2.35. The molecule has 23 heavy (non-hydrogen) atoms. The van der Waals surface area contributed by atoms with Gasteiger partial charge < -0.3 is 9.64 Å². The number of ether oxygens (including phenoxy) is 1. The van der Waals surface area contributed by atoms with Crippen molar-refractivity contribution in [3.05, 3.63) is 36.4 Å². The van der Waals surface area contributed by atoms with Crippen LogP contribution in [-0.4, -0.2) is 41.7 Å². The molecule has 1 aliphatic heterocycles. The minimum absolute atomic E-state index is 0.0678. The maximum absolute atomic E-state index is 12.6. The Labute approximate surface area is 135 Å². The van der Waals surface area contributed by atoms with Crippen LogP contribution in [0.1, 0.15) is 19.3 Å². The lowest BCUT2D eigenvalue weighted by atomic mass is 10.1. The second kappa shape index (κ2) is 6.16. The molecular weight excluding hydrogens is 290 g/mol. The molecule has 2 heterocycles. The number of benzene rings is 1. The largest absolute Gasteiger partial charge is 0.377 e. The summed E-state index contributed by atoms with van der Waals surface area (Å²) in [5, 5.41) is 4.02. The summed E-state index contributed by atoms with van der Waals surface area (Å²) in [6.07, 6.45) is 3.63. The predicted octanol–water partition coefficient (Wildman–Crippen LogP) is 3.27. The van der Waals surface area contributed by atoms with Gasteiger partial charge in [0.1, 0.15) is 5.82 Å². The number of anilines is 1. The smallest absolute Gasteiger partial charge is 0.323 e. The Hall–Kier alpha value is -2.14. The second-order valence-corrected chi connectivity index (χ2v) is 6.42. The number of amides is 2. The van der Waals surface area contributed by atoms with Crippen molar-refractivity contribution in [1.29, 1.82) is 0 Å². The topological polar surface area (TPSA) is 54.5 Å². The number of hydrogen-bond donors (Lipinski definition) is 1. The van der Waals surface area contributed by atoms with Gasteiger partial charge >= 0.3 is 6.03 Å². The number of nitrogens with zero attached hydrogens (tertiary/aromatic N) is 2. The highest BCUT2D eigenvalue weighted by Gasteiger charge is 2.33. The monoisotopic (exact) mass is 311 g/mol. The highest BCUT2D eigenvalue weighted by molar-refractivity contribution is 5.90. The number of para-hydroxylation sites is 1. The summed E-state index contributed by atoms with van der Waals surface area (Å²) in [7, 11) is 0. The number of pyridine rings is 1. The van der Waals surface area contributed by atoms with Crippen LogP contribution in [0.2, 0.25) is 0 Å². The van der Waals surface area contributed by atoms with Crippen molar-refractivity contribution >= 4 is 22.8 Å². The van der Waals surface area contributed by atoms with E-state index in [9.17, 15) is 4.79 Å². The van der Waals surface area contributed by atoms with E-state index in [1.165, 1.54) is 12.8 Å². The van der Waals surface area contributed by atoms with Crippen LogP contribution in [0.25, 0.3) is 10.9 Å². The fourth-order valence-corrected chi connectivity index (χ4v) is 3.17. The lowest BCUT2D eigenvalue weighted by Gasteiger charge is -2.35. The van der Waals surface area contributed by atoms with Gasteiger partial charge in [0.2, 0.25) is 0 Å². The fourth-order valence-electron chi connectivity index (χ4n) is 3.17. The standard InChI is InChI=1S/C18H21N3O2/c22-18(21-9-10-23-12-15(21)11-13-5-6-13)20-17-8-7-14-3-1-2-4-16(14)19-17/h1-4,7-8,13,15H,5-6,9-12H2,(H,19,20,22). The third-order valence-electron chi connectivity index (χ3n) is 4.62. The molecule has 5 nitrogen and oxygen atoms in total. The summed E-state index contributed by atoms with van der Waals surface area (Å²) in [4.78, 5) is 19.1. The van der Waals surface area contributed by atoms with Crippen LogP contribution in [0.4, 0.5) is 10.6 Å². The minimum atomic E-state index is -0.0678. The van der Waals surface area contributed by atoms with Crippen LogP contribution in [0.5, 0.6) is 0 Å². The molecule has 1 N–H and O–H groups in total. The maximum atomic E-state index is 12.6. The summed E-state index contributed by atoms with van der Waals surface area (Å²) in [5.74, 6) is 1.38. The van der Waals surface area contributed by atoms with Gasteiger partial charge in [0.25, 0.3) is 0 Å². The molecule has 0 radical (unpaired) electrons. The molecular formula is C18H21N3O2. The molecule has 1 unspecified atom stereocenters. The zero-order chi connectivity index (χ0) is 15.6. The zero-order valence-corrected chi connectivity index (χ0v) is 13.1. The number of rotatable bonds is 3. The average molecular weight is 311 g/mol. The van der Waals surface area contributed by atoms with Gasteiger partial charge in [-0.25, -0.2) is 9.78 Å². The molecule has 120 valence electrons. The van der Waals surface area contributed by atoms with E-state index in [1.54, 1.807) is 0 Å². The van der Waals surface area contributed by atoms with E-state index in [-0.39, 0.29) is 12.1 Å². The molecule has 2 aromatic rings. The molecule has 1 aromatic carbocycles. The van der Waals surface area contributed by atoms with Gasteiger partial charge in [-0.05, 0) is 30.5 Å². The first-order valence-electron chi connectivity index (χ1n) is 8.31. The van der Waals surface area contributed by atoms with Gasteiger partial charge in [0.05, 0.1) is 24.8 Å². The van der Waals surface area contributed by atoms with Crippen molar-refractivity contribution in [3.8, 4) is 0 Å². The number of urea groups is 1. The summed E-state index contributed by atoms with van der Waals surface area (Å²) in [6.45, 7) is 1.91. The van der Waals surface area contributed by atoms with E-state index in [4.69, 9.17) is 4.74 Å². The number of carbonyl (C=O) groups excluding carboxylic acids is 1. The summed E-state index contributed by atoms with van der Waals surface area (Å²) >= 11 is 0. The zero-order valence-electron chi connectivity index (χ0n) is 13.1. The summed E-state index contributed by atoms with van der Waals surface area (Å²) < 4.78 is 5.56. The number of aromatic nitrogens is 1. The Kier molecular flexibility index (Phi) is 3.87. The molecule has 1 saturated heterocycles. The number of nitrogens with one attached hydrogen (secondary N) is 1. The maximum Gasteiger partial charge on any atom is 0.323 e. The quantitative estimate of drug-likeness (QED) is 0.946. The van der Waals surface area contributed by atoms with Crippen LogP contribution < -0.4 is 5.32 Å². The van der Waals surface area contributed by atoms with Crippen molar-refractivity contribution in [2.75, 3.05) is 25.1 Å². The Balaban J connectivity index is 1.48. The molecule has 2 fully saturated rings. The van der Waals surface area contributed by atoms with E-state index in [2.05, 4.69) is 10.3 Å². The van der Waals surface area contributed by atoms with Crippen LogP contribution in [0.15, 0.2) is 36.4 Å². The molecule has 0 bridgehead atoms. The van der Waals surface area contributed by atoms with E-state index in [0.717, 1.165) is 23.2 Å². The van der Waals surface area contributed by atoms with Crippen LogP contribution in [0.3, 0.4) is 0 Å². The third kappa shape index (κ3) is 3.29. The third-order valence-corrected chi connectivity index (χ3v) is 4.62. The van der Waals surface area contributed by atoms with E-state index in [1.807, 2.05) is 41.3 Å². The predicted molar refractivity (Wildman–Crippen MR) is 89.4 cm³/mol. The Morgan fingerprint density at radius 3 is 3.00 bits per heavy atom. The van der Waals surface area contributed by atoms with Gasteiger partial charge in [-0.2, -0.15) is 0 Å². The molecule has 2 amide bonds. The first-order chi connectivity index (χ1) is 11.3. The molecule has 2 aliphatic rings. The van der Waals surface area contributed by atoms with E-state index < -0.39 is 0 Å². The molecule has 0 spiro atoms. The van der Waals surface area contributed by atoms with Crippen molar-refractivity contribution in [2.45, 2.75) is 25.3 Å². The molecule has 1 atom stereocenters. The molecule has 1 aliphatic carbocycles. The average Bonchev–Trinajstić information content (AvgIpc) is 3.39. The van der Waals surface area contributed by atoms with Crippen LogP contribution in [-0.2, 0) is 4.74 Å². The van der Waals surface area contributed by atoms with Crippen molar-refractivity contribution in [1.82, 2.24) is 9.88 Å². The van der Waals surface area contributed by atoms with Gasteiger partial charge in [-0.1, -0.05) is 31.0 Å². The Morgan fingerprint density at radius 2 is 2.13 bits per heavy atom. The van der Waals surface area contributed by atoms with Crippen molar-refractivity contribution < 1.29 is 9.53 Å². The van der Waals surface area contributed by atoms with Gasteiger partial charge in [-0.3, -0.25) is 5.32 Å².